The maximum atomic E-state index is 6.24. The summed E-state index contributed by atoms with van der Waals surface area (Å²) >= 11 is 6.24. The average Bonchev–Trinajstić information content (AvgIpc) is 2.32. The van der Waals surface area contributed by atoms with Crippen LogP contribution in [0.1, 0.15) is 32.8 Å². The normalized spacial score (nSPS) is 10.8. The van der Waals surface area contributed by atoms with Crippen LogP contribution in [0, 0.1) is 0 Å². The van der Waals surface area contributed by atoms with Crippen molar-refractivity contribution < 1.29 is 9.47 Å². The summed E-state index contributed by atoms with van der Waals surface area (Å²) in [6.07, 6.45) is 1.18. The highest BCUT2D eigenvalue weighted by atomic mass is 35.5. The second-order valence-electron chi connectivity index (χ2n) is 4.45. The Hall–Kier alpha value is -0.930. The van der Waals surface area contributed by atoms with E-state index in [1.807, 2.05) is 26.0 Å². The minimum Gasteiger partial charge on any atom is -0.493 e. The predicted molar refractivity (Wildman–Crippen MR) is 75.8 cm³/mol. The summed E-state index contributed by atoms with van der Waals surface area (Å²) in [4.78, 5) is 0. The van der Waals surface area contributed by atoms with Crippen molar-refractivity contribution in [3.8, 4) is 11.5 Å². The highest BCUT2D eigenvalue weighted by Gasteiger charge is 2.13. The van der Waals surface area contributed by atoms with E-state index in [2.05, 4.69) is 12.2 Å². The molecule has 0 aliphatic carbocycles. The van der Waals surface area contributed by atoms with Gasteiger partial charge in [-0.1, -0.05) is 18.5 Å². The summed E-state index contributed by atoms with van der Waals surface area (Å²) in [5.74, 6) is 1.30. The summed E-state index contributed by atoms with van der Waals surface area (Å²) in [7, 11) is 1.63. The predicted octanol–water partition coefficient (Wildman–Crippen LogP) is 3.64. The highest BCUT2D eigenvalue weighted by Crippen LogP contribution is 2.37. The molecule has 0 spiro atoms. The van der Waals surface area contributed by atoms with Crippen molar-refractivity contribution in [2.75, 3.05) is 13.7 Å². The first-order chi connectivity index (χ1) is 8.58. The van der Waals surface area contributed by atoms with E-state index in [4.69, 9.17) is 21.1 Å². The van der Waals surface area contributed by atoms with Gasteiger partial charge in [0.05, 0.1) is 18.2 Å². The Morgan fingerprint density at radius 1 is 1.33 bits per heavy atom. The highest BCUT2D eigenvalue weighted by molar-refractivity contribution is 6.32. The summed E-state index contributed by atoms with van der Waals surface area (Å²) in [5, 5.41) is 3.93. The van der Waals surface area contributed by atoms with Gasteiger partial charge in [0.2, 0.25) is 0 Å². The van der Waals surface area contributed by atoms with E-state index in [-0.39, 0.29) is 6.10 Å². The molecular weight excluding hydrogens is 250 g/mol. The Morgan fingerprint density at radius 2 is 2.06 bits per heavy atom. The number of methoxy groups -OCH3 is 1. The van der Waals surface area contributed by atoms with Crippen molar-refractivity contribution in [2.45, 2.75) is 39.8 Å². The van der Waals surface area contributed by atoms with Crippen molar-refractivity contribution in [1.82, 2.24) is 5.32 Å². The fourth-order valence-electron chi connectivity index (χ4n) is 1.63. The number of benzene rings is 1. The van der Waals surface area contributed by atoms with E-state index in [1.165, 1.54) is 0 Å². The van der Waals surface area contributed by atoms with Crippen LogP contribution in [0.25, 0.3) is 0 Å². The molecule has 3 nitrogen and oxygen atoms in total. The van der Waals surface area contributed by atoms with Crippen molar-refractivity contribution in [2.24, 2.45) is 0 Å². The van der Waals surface area contributed by atoms with Gasteiger partial charge in [0.25, 0.3) is 0 Å². The molecule has 0 fully saturated rings. The molecule has 0 saturated carbocycles. The van der Waals surface area contributed by atoms with Crippen LogP contribution in [0.3, 0.4) is 0 Å². The first-order valence-corrected chi connectivity index (χ1v) is 6.70. The lowest BCUT2D eigenvalue weighted by Gasteiger charge is -2.16. The SMILES string of the molecule is CCCNCc1cc(Cl)c(OC(C)C)c(OC)c1. The van der Waals surface area contributed by atoms with Crippen molar-refractivity contribution in [3.63, 3.8) is 0 Å². The molecule has 0 aliphatic heterocycles. The Kier molecular flexibility index (Phi) is 6.30. The number of halogens is 1. The third kappa shape index (κ3) is 4.39. The lowest BCUT2D eigenvalue weighted by Crippen LogP contribution is -2.14. The molecule has 1 N–H and O–H groups in total. The third-order valence-electron chi connectivity index (χ3n) is 2.40. The maximum absolute atomic E-state index is 6.24. The van der Waals surface area contributed by atoms with Gasteiger partial charge in [-0.25, -0.2) is 0 Å². The van der Waals surface area contributed by atoms with Gasteiger partial charge in [0.15, 0.2) is 11.5 Å². The molecular formula is C14H22ClNO2. The van der Waals surface area contributed by atoms with Gasteiger partial charge in [-0.3, -0.25) is 0 Å². The number of nitrogens with one attached hydrogen (secondary N) is 1. The Balaban J connectivity index is 2.88. The van der Waals surface area contributed by atoms with Crippen LogP contribution in [0.4, 0.5) is 0 Å². The van der Waals surface area contributed by atoms with E-state index < -0.39 is 0 Å². The first-order valence-electron chi connectivity index (χ1n) is 6.32. The largest absolute Gasteiger partial charge is 0.493 e. The van der Waals surface area contributed by atoms with Crippen LogP contribution in [-0.2, 0) is 6.54 Å². The number of rotatable bonds is 7. The zero-order chi connectivity index (χ0) is 13.5. The lowest BCUT2D eigenvalue weighted by molar-refractivity contribution is 0.230. The zero-order valence-electron chi connectivity index (χ0n) is 11.5. The summed E-state index contributed by atoms with van der Waals surface area (Å²) in [5.41, 5.74) is 1.10. The van der Waals surface area contributed by atoms with Gasteiger partial charge < -0.3 is 14.8 Å². The molecule has 0 unspecified atom stereocenters. The van der Waals surface area contributed by atoms with Crippen LogP contribution in [0.2, 0.25) is 5.02 Å². The second-order valence-corrected chi connectivity index (χ2v) is 4.86. The van der Waals surface area contributed by atoms with Gasteiger partial charge in [0, 0.05) is 6.54 Å². The molecule has 0 radical (unpaired) electrons. The van der Waals surface area contributed by atoms with Gasteiger partial charge >= 0.3 is 0 Å². The molecule has 18 heavy (non-hydrogen) atoms. The molecule has 0 aliphatic rings. The van der Waals surface area contributed by atoms with Crippen LogP contribution in [-0.4, -0.2) is 19.8 Å². The lowest BCUT2D eigenvalue weighted by atomic mass is 10.2. The minimum atomic E-state index is 0.0699. The molecule has 1 aromatic rings. The fourth-order valence-corrected chi connectivity index (χ4v) is 1.91. The first kappa shape index (κ1) is 15.1. The molecule has 0 atom stereocenters. The van der Waals surface area contributed by atoms with Gasteiger partial charge in [0.1, 0.15) is 0 Å². The van der Waals surface area contributed by atoms with E-state index in [1.54, 1.807) is 7.11 Å². The molecule has 0 amide bonds. The van der Waals surface area contributed by atoms with E-state index in [0.717, 1.165) is 25.1 Å². The molecule has 1 rings (SSSR count). The van der Waals surface area contributed by atoms with Crippen molar-refractivity contribution >= 4 is 11.6 Å². The van der Waals surface area contributed by atoms with Gasteiger partial charge in [-0.2, -0.15) is 0 Å². The van der Waals surface area contributed by atoms with Gasteiger partial charge in [-0.15, -0.1) is 0 Å². The molecule has 102 valence electrons. The number of hydrogen-bond donors (Lipinski definition) is 1. The minimum absolute atomic E-state index is 0.0699. The van der Waals surface area contributed by atoms with Crippen LogP contribution < -0.4 is 14.8 Å². The number of ether oxygens (including phenoxy) is 2. The number of hydrogen-bond acceptors (Lipinski definition) is 3. The fraction of sp³-hybridized carbons (Fsp3) is 0.571. The maximum Gasteiger partial charge on any atom is 0.180 e. The van der Waals surface area contributed by atoms with Gasteiger partial charge in [-0.05, 0) is 44.5 Å². The van der Waals surface area contributed by atoms with Crippen LogP contribution in [0.5, 0.6) is 11.5 Å². The monoisotopic (exact) mass is 271 g/mol. The van der Waals surface area contributed by atoms with Crippen molar-refractivity contribution in [3.05, 3.63) is 22.7 Å². The Morgan fingerprint density at radius 3 is 2.61 bits per heavy atom. The second kappa shape index (κ2) is 7.49. The Bertz CT molecular complexity index is 380. The molecule has 1 aromatic carbocycles. The smallest absolute Gasteiger partial charge is 0.180 e. The molecule has 0 bridgehead atoms. The van der Waals surface area contributed by atoms with E-state index in [9.17, 15) is 0 Å². The molecule has 4 heteroatoms. The molecule has 0 heterocycles. The van der Waals surface area contributed by atoms with E-state index in [0.29, 0.717) is 16.5 Å². The van der Waals surface area contributed by atoms with Crippen LogP contribution in [0.15, 0.2) is 12.1 Å². The standard InChI is InChI=1S/C14H22ClNO2/c1-5-6-16-9-11-7-12(15)14(18-10(2)3)13(8-11)17-4/h7-8,10,16H,5-6,9H2,1-4H3. The summed E-state index contributed by atoms with van der Waals surface area (Å²) in [6.45, 7) is 7.84. The van der Waals surface area contributed by atoms with Crippen molar-refractivity contribution in [1.29, 1.82) is 0 Å². The summed E-state index contributed by atoms with van der Waals surface area (Å²) < 4.78 is 11.0. The summed E-state index contributed by atoms with van der Waals surface area (Å²) in [6, 6.07) is 3.89. The third-order valence-corrected chi connectivity index (χ3v) is 2.68. The molecule has 0 saturated heterocycles. The zero-order valence-corrected chi connectivity index (χ0v) is 12.3. The quantitative estimate of drug-likeness (QED) is 0.768. The average molecular weight is 272 g/mol. The van der Waals surface area contributed by atoms with Crippen LogP contribution >= 0.6 is 11.6 Å². The topological polar surface area (TPSA) is 30.5 Å². The molecule has 0 aromatic heterocycles. The van der Waals surface area contributed by atoms with E-state index >= 15 is 0 Å². The Labute approximate surface area is 114 Å².